The number of aromatic nitrogens is 4. The fourth-order valence-electron chi connectivity index (χ4n) is 7.57. The number of nitrogens with one attached hydrogen (secondary N) is 6. The van der Waals surface area contributed by atoms with Crippen molar-refractivity contribution >= 4 is 41.4 Å². The van der Waals surface area contributed by atoms with E-state index in [2.05, 4.69) is 41.2 Å². The summed E-state index contributed by atoms with van der Waals surface area (Å²) in [5.41, 5.74) is 7.49. The lowest BCUT2D eigenvalue weighted by molar-refractivity contribution is -0.144. The summed E-state index contributed by atoms with van der Waals surface area (Å²) in [4.78, 5) is 112. The van der Waals surface area contributed by atoms with Crippen molar-refractivity contribution in [2.75, 3.05) is 19.7 Å². The molecule has 0 unspecified atom stereocenters. The van der Waals surface area contributed by atoms with Gasteiger partial charge in [0.1, 0.15) is 42.3 Å². The number of benzene rings is 1. The zero-order chi connectivity index (χ0) is 43.3. The molecular weight excluding hydrogens is 779 g/mol. The molecule has 10 N–H and O–H groups in total. The highest BCUT2D eigenvalue weighted by Gasteiger charge is 2.42. The number of aliphatic hydroxyl groups excluding tert-OH is 1. The number of nitrogens with two attached hydrogens (primary N) is 1. The Labute approximate surface area is 346 Å². The highest BCUT2D eigenvalue weighted by atomic mass is 16.4. The first-order valence-corrected chi connectivity index (χ1v) is 20.2. The molecule has 60 heavy (non-hydrogen) atoms. The molecule has 0 saturated carbocycles. The first kappa shape index (κ1) is 44.9. The Kier molecular flexibility index (Phi) is 15.9. The van der Waals surface area contributed by atoms with Crippen molar-refractivity contribution in [2.24, 2.45) is 11.7 Å². The van der Waals surface area contributed by atoms with Gasteiger partial charge in [-0.3, -0.25) is 28.8 Å². The maximum atomic E-state index is 14.4. The van der Waals surface area contributed by atoms with Gasteiger partial charge in [0.2, 0.25) is 35.4 Å². The summed E-state index contributed by atoms with van der Waals surface area (Å²) >= 11 is 0. The van der Waals surface area contributed by atoms with E-state index in [1.54, 1.807) is 30.3 Å². The summed E-state index contributed by atoms with van der Waals surface area (Å²) in [5.74, 6) is -5.11. The van der Waals surface area contributed by atoms with Crippen molar-refractivity contribution in [3.8, 4) is 0 Å². The lowest BCUT2D eigenvalue weighted by Gasteiger charge is -2.31. The van der Waals surface area contributed by atoms with Crippen LogP contribution in [0.5, 0.6) is 0 Å². The van der Waals surface area contributed by atoms with E-state index in [4.69, 9.17) is 5.73 Å². The molecule has 0 bridgehead atoms. The number of imidazole rings is 2. The van der Waals surface area contributed by atoms with Gasteiger partial charge in [-0.2, -0.15) is 0 Å². The Balaban J connectivity index is 1.35. The molecule has 2 aromatic heterocycles. The molecule has 0 radical (unpaired) electrons. The predicted octanol–water partition coefficient (Wildman–Crippen LogP) is -1.47. The summed E-state index contributed by atoms with van der Waals surface area (Å²) in [7, 11) is 0. The number of hydrogen-bond donors (Lipinski definition) is 9. The Bertz CT molecular complexity index is 1930. The quantitative estimate of drug-likeness (QED) is 0.0631. The Morgan fingerprint density at radius 2 is 1.23 bits per heavy atom. The van der Waals surface area contributed by atoms with Crippen molar-refractivity contribution in [3.63, 3.8) is 0 Å². The number of nitrogens with zero attached hydrogens (tertiary/aromatic N) is 4. The zero-order valence-corrected chi connectivity index (χ0v) is 33.7. The molecule has 2 aliphatic rings. The van der Waals surface area contributed by atoms with Crippen LogP contribution in [0.1, 0.15) is 62.9 Å². The molecule has 6 amide bonds. The van der Waals surface area contributed by atoms with Crippen LogP contribution in [0.3, 0.4) is 0 Å². The average molecular weight is 834 g/mol. The molecule has 20 heteroatoms. The minimum absolute atomic E-state index is 0.0120. The van der Waals surface area contributed by atoms with E-state index in [0.29, 0.717) is 36.2 Å². The van der Waals surface area contributed by atoms with E-state index < -0.39 is 90.3 Å². The smallest absolute Gasteiger partial charge is 0.326 e. The molecule has 324 valence electrons. The molecule has 3 aromatic rings. The van der Waals surface area contributed by atoms with Crippen LogP contribution in [0.25, 0.3) is 0 Å². The summed E-state index contributed by atoms with van der Waals surface area (Å²) in [6, 6.07) is 0.817. The van der Waals surface area contributed by atoms with Crippen molar-refractivity contribution in [1.82, 2.24) is 51.0 Å². The number of rotatable bonds is 20. The molecule has 0 aliphatic carbocycles. The highest BCUT2D eigenvalue weighted by molar-refractivity contribution is 5.97. The van der Waals surface area contributed by atoms with Gasteiger partial charge in [0.25, 0.3) is 0 Å². The predicted molar refractivity (Wildman–Crippen MR) is 214 cm³/mol. The number of likely N-dealkylation sites (tertiary alicyclic amines) is 2. The second kappa shape index (κ2) is 21.2. The second-order valence-corrected chi connectivity index (χ2v) is 15.6. The van der Waals surface area contributed by atoms with Crippen LogP contribution in [0.4, 0.5) is 0 Å². The van der Waals surface area contributed by atoms with Gasteiger partial charge in [-0.25, -0.2) is 14.8 Å². The van der Waals surface area contributed by atoms with Gasteiger partial charge in [0.05, 0.1) is 19.3 Å². The number of carbonyl (C=O) groups excluding carboxylic acids is 6. The third kappa shape index (κ3) is 12.0. The number of amides is 6. The van der Waals surface area contributed by atoms with Crippen LogP contribution in [-0.4, -0.2) is 143 Å². The number of carbonyl (C=O) groups is 7. The van der Waals surface area contributed by atoms with Crippen LogP contribution >= 0.6 is 0 Å². The van der Waals surface area contributed by atoms with Gasteiger partial charge in [0.15, 0.2) is 0 Å². The number of aromatic amines is 2. The maximum absolute atomic E-state index is 14.4. The molecule has 0 spiro atoms. The largest absolute Gasteiger partial charge is 0.480 e. The Morgan fingerprint density at radius 1 is 0.733 bits per heavy atom. The minimum atomic E-state index is -1.27. The van der Waals surface area contributed by atoms with Crippen LogP contribution in [0.2, 0.25) is 0 Å². The Morgan fingerprint density at radius 3 is 1.73 bits per heavy atom. The highest BCUT2D eigenvalue weighted by Crippen LogP contribution is 2.22. The summed E-state index contributed by atoms with van der Waals surface area (Å²) in [5, 5.41) is 30.2. The number of H-pyrrole nitrogens is 2. The lowest BCUT2D eigenvalue weighted by atomic mass is 10.0. The summed E-state index contributed by atoms with van der Waals surface area (Å²) < 4.78 is 0. The SMILES string of the molecule is CC(C)C[C@H](NC(=O)[C@H](Cc1ccccc1)NC(=O)[C@H](Cc1cnc[nH]1)NC(=O)[C@@H]1CCCN1C(=O)[C@H](Cc1cnc[nH]1)NC(=O)[C@@H]1CCCN1C(=O)[C@@H](N)CO)C(=O)O. The molecule has 2 fully saturated rings. The second-order valence-electron chi connectivity index (χ2n) is 15.6. The summed E-state index contributed by atoms with van der Waals surface area (Å²) in [6.07, 6.45) is 7.44. The molecule has 7 atom stereocenters. The molecule has 20 nitrogen and oxygen atoms in total. The first-order chi connectivity index (χ1) is 28.7. The van der Waals surface area contributed by atoms with E-state index in [0.717, 1.165) is 0 Å². The van der Waals surface area contributed by atoms with E-state index in [1.807, 2.05) is 13.8 Å². The van der Waals surface area contributed by atoms with Gasteiger partial charge in [-0.1, -0.05) is 44.2 Å². The van der Waals surface area contributed by atoms with Crippen molar-refractivity contribution in [3.05, 3.63) is 72.3 Å². The Hall–Kier alpha value is -6.15. The fraction of sp³-hybridized carbons (Fsp3) is 0.525. The number of carboxylic acids is 1. The number of aliphatic carboxylic acids is 1. The molecular formula is C40H55N11O9. The van der Waals surface area contributed by atoms with E-state index in [1.165, 1.54) is 34.8 Å². The first-order valence-electron chi connectivity index (χ1n) is 20.2. The molecule has 1 aromatic carbocycles. The summed E-state index contributed by atoms with van der Waals surface area (Å²) in [6.45, 7) is 3.48. The third-order valence-corrected chi connectivity index (χ3v) is 10.6. The van der Waals surface area contributed by atoms with Crippen LogP contribution in [-0.2, 0) is 52.8 Å². The monoisotopic (exact) mass is 833 g/mol. The maximum Gasteiger partial charge on any atom is 0.326 e. The third-order valence-electron chi connectivity index (χ3n) is 10.6. The molecule has 5 rings (SSSR count). The van der Waals surface area contributed by atoms with Gasteiger partial charge in [-0.15, -0.1) is 0 Å². The standard InChI is InChI=1S/C40H55N11O9/c1-23(2)14-31(40(59)60)49-34(53)28(15-24-8-4-3-5-9-24)46-35(54)29(16-25-18-42-21-44-25)47-36(55)33-11-7-13-51(33)39(58)30(17-26-19-43-22-45-26)48-37(56)32-10-6-12-50(32)38(57)27(41)20-52/h3-5,8-9,18-19,21-23,27-33,52H,6-7,10-17,20,41H2,1-2H3,(H,42,44)(H,43,45)(H,46,54)(H,47,55)(H,48,56)(H,49,53)(H,59,60)/t27-,28-,29-,30-,31-,32-,33-/m0/s1. The molecule has 2 aliphatic heterocycles. The normalized spacial score (nSPS) is 18.9. The lowest BCUT2D eigenvalue weighted by Crippen LogP contribution is -2.60. The van der Waals surface area contributed by atoms with Gasteiger partial charge >= 0.3 is 5.97 Å². The van der Waals surface area contributed by atoms with Crippen molar-refractivity contribution in [2.45, 2.75) is 108 Å². The van der Waals surface area contributed by atoms with Gasteiger partial charge < -0.3 is 57.0 Å². The molecule has 4 heterocycles. The average Bonchev–Trinajstić information content (AvgIpc) is 4.08. The number of carboxylic acid groups (broad SMARTS) is 1. The topological polar surface area (TPSA) is 298 Å². The fourth-order valence-corrected chi connectivity index (χ4v) is 7.57. The zero-order valence-electron chi connectivity index (χ0n) is 33.7. The number of aliphatic hydroxyl groups is 1. The van der Waals surface area contributed by atoms with Gasteiger partial charge in [0, 0.05) is 56.1 Å². The minimum Gasteiger partial charge on any atom is -0.480 e. The van der Waals surface area contributed by atoms with Crippen molar-refractivity contribution in [1.29, 1.82) is 0 Å². The van der Waals surface area contributed by atoms with E-state index >= 15 is 0 Å². The van der Waals surface area contributed by atoms with Crippen molar-refractivity contribution < 1.29 is 43.8 Å². The van der Waals surface area contributed by atoms with Crippen LogP contribution in [0.15, 0.2) is 55.4 Å². The molecule has 2 saturated heterocycles. The van der Waals surface area contributed by atoms with Crippen LogP contribution < -0.4 is 27.0 Å². The van der Waals surface area contributed by atoms with Crippen LogP contribution in [0, 0.1) is 5.92 Å². The number of hydrogen-bond acceptors (Lipinski definition) is 11. The van der Waals surface area contributed by atoms with E-state index in [9.17, 15) is 43.8 Å². The van der Waals surface area contributed by atoms with E-state index in [-0.39, 0.29) is 51.1 Å². The van der Waals surface area contributed by atoms with Gasteiger partial charge in [-0.05, 0) is 43.6 Å².